The van der Waals surface area contributed by atoms with Crippen LogP contribution in [0.4, 0.5) is 0 Å². The van der Waals surface area contributed by atoms with Gasteiger partial charge in [0, 0.05) is 4.88 Å². The van der Waals surface area contributed by atoms with Crippen molar-refractivity contribution in [2.45, 2.75) is 44.9 Å². The zero-order valence-corrected chi connectivity index (χ0v) is 18.0. The van der Waals surface area contributed by atoms with Crippen molar-refractivity contribution < 1.29 is 14.6 Å². The molecule has 2 atom stereocenters. The molecule has 1 aliphatic heterocycles. The Bertz CT molecular complexity index is 985. The molecule has 2 heterocycles. The van der Waals surface area contributed by atoms with E-state index in [0.717, 1.165) is 36.3 Å². The zero-order chi connectivity index (χ0) is 20.9. The Kier molecular flexibility index (Phi) is 6.50. The second-order valence-electron chi connectivity index (χ2n) is 7.86. The fourth-order valence-electron chi connectivity index (χ4n) is 4.16. The van der Waals surface area contributed by atoms with Gasteiger partial charge in [0.15, 0.2) is 0 Å². The second-order valence-corrected chi connectivity index (χ2v) is 8.81. The van der Waals surface area contributed by atoms with Crippen LogP contribution in [-0.2, 0) is 11.4 Å². The van der Waals surface area contributed by atoms with Crippen LogP contribution in [0.25, 0.3) is 0 Å². The minimum Gasteiger partial charge on any atom is -0.489 e. The van der Waals surface area contributed by atoms with Crippen LogP contribution < -0.4 is 4.74 Å². The Morgan fingerprint density at radius 2 is 2.00 bits per heavy atom. The standard InChI is InChI=1S/C25H27NO3S/c1-18-14-23(30-17-18)24(26-13-6-5-12-22(26)25(27)28)20-10-7-11-21(15-20)29-16-19-8-3-2-4-9-19/h2-4,7-11,14-15,17,22,24H,5-6,12-13,16H2,1H3,(H,27,28). The van der Waals surface area contributed by atoms with Crippen molar-refractivity contribution in [2.75, 3.05) is 6.54 Å². The van der Waals surface area contributed by atoms with Crippen molar-refractivity contribution in [3.8, 4) is 5.75 Å². The quantitative estimate of drug-likeness (QED) is 0.534. The summed E-state index contributed by atoms with van der Waals surface area (Å²) in [5, 5.41) is 12.0. The van der Waals surface area contributed by atoms with Crippen LogP contribution in [0, 0.1) is 6.92 Å². The van der Waals surface area contributed by atoms with Gasteiger partial charge in [0.1, 0.15) is 18.4 Å². The molecule has 156 valence electrons. The molecular formula is C25H27NO3S. The summed E-state index contributed by atoms with van der Waals surface area (Å²) in [5.74, 6) is 0.0722. The third kappa shape index (κ3) is 4.74. The average Bonchev–Trinajstić information content (AvgIpc) is 3.19. The fraction of sp³-hybridized carbons (Fsp3) is 0.320. The van der Waals surface area contributed by atoms with Crippen LogP contribution in [-0.4, -0.2) is 28.6 Å². The van der Waals surface area contributed by atoms with Crippen LogP contribution in [0.1, 0.15) is 46.9 Å². The van der Waals surface area contributed by atoms with E-state index in [9.17, 15) is 9.90 Å². The number of carboxylic acids is 1. The van der Waals surface area contributed by atoms with Gasteiger partial charge in [0.05, 0.1) is 6.04 Å². The van der Waals surface area contributed by atoms with Gasteiger partial charge in [-0.3, -0.25) is 9.69 Å². The number of ether oxygens (including phenoxy) is 1. The molecule has 1 saturated heterocycles. The first kappa shape index (κ1) is 20.6. The van der Waals surface area contributed by atoms with Gasteiger partial charge in [0.2, 0.25) is 0 Å². The molecular weight excluding hydrogens is 394 g/mol. The molecule has 3 aromatic rings. The first-order valence-corrected chi connectivity index (χ1v) is 11.3. The smallest absolute Gasteiger partial charge is 0.320 e. The Morgan fingerprint density at radius 3 is 2.73 bits per heavy atom. The monoisotopic (exact) mass is 421 g/mol. The molecule has 1 N–H and O–H groups in total. The number of carboxylic acid groups (broad SMARTS) is 1. The predicted molar refractivity (Wildman–Crippen MR) is 120 cm³/mol. The average molecular weight is 422 g/mol. The van der Waals surface area contributed by atoms with Gasteiger partial charge in [-0.2, -0.15) is 0 Å². The summed E-state index contributed by atoms with van der Waals surface area (Å²) >= 11 is 1.70. The van der Waals surface area contributed by atoms with E-state index in [1.165, 1.54) is 10.4 Å². The topological polar surface area (TPSA) is 49.8 Å². The van der Waals surface area contributed by atoms with E-state index < -0.39 is 12.0 Å². The maximum atomic E-state index is 12.0. The van der Waals surface area contributed by atoms with Gasteiger partial charge in [-0.05, 0) is 66.6 Å². The number of nitrogens with zero attached hydrogens (tertiary/aromatic N) is 1. The molecule has 5 heteroatoms. The number of carbonyl (C=O) groups is 1. The summed E-state index contributed by atoms with van der Waals surface area (Å²) in [5.41, 5.74) is 3.41. The highest BCUT2D eigenvalue weighted by Gasteiger charge is 2.35. The van der Waals surface area contributed by atoms with Crippen LogP contribution in [0.5, 0.6) is 5.75 Å². The first-order valence-electron chi connectivity index (χ1n) is 10.4. The van der Waals surface area contributed by atoms with Crippen molar-refractivity contribution in [3.05, 3.63) is 87.6 Å². The van der Waals surface area contributed by atoms with E-state index in [1.807, 2.05) is 42.5 Å². The Hall–Kier alpha value is -2.63. The van der Waals surface area contributed by atoms with E-state index >= 15 is 0 Å². The van der Waals surface area contributed by atoms with Crippen LogP contribution >= 0.6 is 11.3 Å². The molecule has 0 aliphatic carbocycles. The van der Waals surface area contributed by atoms with Crippen LogP contribution in [0.3, 0.4) is 0 Å². The third-order valence-corrected chi connectivity index (χ3v) is 6.71. The highest BCUT2D eigenvalue weighted by Crippen LogP contribution is 2.38. The normalized spacial score (nSPS) is 18.1. The first-order chi connectivity index (χ1) is 14.6. The van der Waals surface area contributed by atoms with E-state index in [0.29, 0.717) is 13.0 Å². The number of aliphatic carboxylic acids is 1. The number of benzene rings is 2. The lowest BCUT2D eigenvalue weighted by Crippen LogP contribution is -2.46. The summed E-state index contributed by atoms with van der Waals surface area (Å²) < 4.78 is 6.05. The lowest BCUT2D eigenvalue weighted by atomic mass is 9.95. The van der Waals surface area contributed by atoms with E-state index in [4.69, 9.17) is 4.74 Å². The van der Waals surface area contributed by atoms with Gasteiger partial charge < -0.3 is 9.84 Å². The maximum absolute atomic E-state index is 12.0. The third-order valence-electron chi connectivity index (χ3n) is 5.60. The number of piperidine rings is 1. The molecule has 2 aromatic carbocycles. The fourth-order valence-corrected chi connectivity index (χ4v) is 5.20. The summed E-state index contributed by atoms with van der Waals surface area (Å²) in [4.78, 5) is 15.3. The summed E-state index contributed by atoms with van der Waals surface area (Å²) in [7, 11) is 0. The van der Waals surface area contributed by atoms with Crippen LogP contribution in [0.15, 0.2) is 66.0 Å². The van der Waals surface area contributed by atoms with Crippen LogP contribution in [0.2, 0.25) is 0 Å². The Labute approximate surface area is 181 Å². The maximum Gasteiger partial charge on any atom is 0.320 e. The number of rotatable bonds is 7. The van der Waals surface area contributed by atoms with Crippen molar-refractivity contribution >= 4 is 17.3 Å². The molecule has 4 nitrogen and oxygen atoms in total. The molecule has 0 bridgehead atoms. The highest BCUT2D eigenvalue weighted by molar-refractivity contribution is 7.10. The molecule has 1 aliphatic rings. The summed E-state index contributed by atoms with van der Waals surface area (Å²) in [6.07, 6.45) is 2.68. The molecule has 1 aromatic heterocycles. The van der Waals surface area contributed by atoms with Gasteiger partial charge in [-0.25, -0.2) is 0 Å². The number of likely N-dealkylation sites (tertiary alicyclic amines) is 1. The van der Waals surface area contributed by atoms with Crippen molar-refractivity contribution in [1.82, 2.24) is 4.90 Å². The summed E-state index contributed by atoms with van der Waals surface area (Å²) in [6, 6.07) is 19.9. The van der Waals surface area contributed by atoms with Gasteiger partial charge in [-0.1, -0.05) is 48.9 Å². The minimum absolute atomic E-state index is 0.0784. The molecule has 0 spiro atoms. The predicted octanol–water partition coefficient (Wildman–Crippen LogP) is 5.66. The highest BCUT2D eigenvalue weighted by atomic mass is 32.1. The van der Waals surface area contributed by atoms with Gasteiger partial charge >= 0.3 is 5.97 Å². The number of aryl methyl sites for hydroxylation is 1. The zero-order valence-electron chi connectivity index (χ0n) is 17.2. The molecule has 1 fully saturated rings. The number of thiophene rings is 1. The van der Waals surface area contributed by atoms with Gasteiger partial charge in [-0.15, -0.1) is 11.3 Å². The van der Waals surface area contributed by atoms with Gasteiger partial charge in [0.25, 0.3) is 0 Å². The van der Waals surface area contributed by atoms with Crippen molar-refractivity contribution in [2.24, 2.45) is 0 Å². The number of hydrogen-bond acceptors (Lipinski definition) is 4. The SMILES string of the molecule is Cc1csc(C(c2cccc(OCc3ccccc3)c2)N2CCCCC2C(=O)O)c1. The molecule has 0 radical (unpaired) electrons. The summed E-state index contributed by atoms with van der Waals surface area (Å²) in [6.45, 7) is 3.38. The van der Waals surface area contributed by atoms with Crippen molar-refractivity contribution in [3.63, 3.8) is 0 Å². The Morgan fingerprint density at radius 1 is 1.17 bits per heavy atom. The minimum atomic E-state index is -0.732. The largest absolute Gasteiger partial charge is 0.489 e. The Balaban J connectivity index is 1.64. The lowest BCUT2D eigenvalue weighted by Gasteiger charge is -2.39. The lowest BCUT2D eigenvalue weighted by molar-refractivity contribution is -0.145. The second kappa shape index (κ2) is 9.45. The molecule has 0 amide bonds. The van der Waals surface area contributed by atoms with E-state index in [2.05, 4.69) is 35.4 Å². The molecule has 0 saturated carbocycles. The van der Waals surface area contributed by atoms with Crippen molar-refractivity contribution in [1.29, 1.82) is 0 Å². The molecule has 4 rings (SSSR count). The number of hydrogen-bond donors (Lipinski definition) is 1. The van der Waals surface area contributed by atoms with E-state index in [1.54, 1.807) is 11.3 Å². The van der Waals surface area contributed by atoms with E-state index in [-0.39, 0.29) is 6.04 Å². The molecule has 2 unspecified atom stereocenters. The molecule has 30 heavy (non-hydrogen) atoms.